The van der Waals surface area contributed by atoms with Gasteiger partial charge in [-0.3, -0.25) is 9.79 Å². The van der Waals surface area contributed by atoms with Crippen molar-refractivity contribution in [3.63, 3.8) is 0 Å². The fraction of sp³-hybridized carbons (Fsp3) is 0.462. The van der Waals surface area contributed by atoms with Crippen LogP contribution < -0.4 is 5.84 Å². The molecule has 0 aromatic carbocycles. The predicted molar refractivity (Wildman–Crippen MR) is 81.8 cm³/mol. The van der Waals surface area contributed by atoms with Gasteiger partial charge in [-0.05, 0) is 12.8 Å². The molecule has 3 aliphatic heterocycles. The largest absolute Gasteiger partial charge is 0.469 e. The fourth-order valence-electron chi connectivity index (χ4n) is 2.81. The average Bonchev–Trinajstić information content (AvgIpc) is 2.78. The molecule has 8 heteroatoms. The minimum atomic E-state index is -0.169. The van der Waals surface area contributed by atoms with Crippen LogP contribution in [-0.4, -0.2) is 46.6 Å². The van der Waals surface area contributed by atoms with E-state index < -0.39 is 0 Å². The SMILES string of the molecule is COC(=O)C1CCCN(C2=C3C=NC=C[N+]3(N)C(Br)=N2)C1. The molecule has 2 atom stereocenters. The zero-order valence-electron chi connectivity index (χ0n) is 11.7. The molecular weight excluding hydrogens is 338 g/mol. The second kappa shape index (κ2) is 5.36. The number of ether oxygens (including phenoxy) is 1. The van der Waals surface area contributed by atoms with Gasteiger partial charge in [0.2, 0.25) is 11.5 Å². The third-order valence-electron chi connectivity index (χ3n) is 3.97. The second-order valence-electron chi connectivity index (χ2n) is 5.25. The first-order valence-corrected chi connectivity index (χ1v) is 7.56. The van der Waals surface area contributed by atoms with Gasteiger partial charge < -0.3 is 9.64 Å². The van der Waals surface area contributed by atoms with Crippen molar-refractivity contribution in [2.24, 2.45) is 21.7 Å². The molecule has 0 amide bonds. The van der Waals surface area contributed by atoms with Crippen LogP contribution in [0, 0.1) is 5.92 Å². The quantitative estimate of drug-likeness (QED) is 0.348. The van der Waals surface area contributed by atoms with E-state index in [-0.39, 0.29) is 16.5 Å². The molecule has 0 saturated carbocycles. The summed E-state index contributed by atoms with van der Waals surface area (Å²) in [5.74, 6) is 6.81. The highest BCUT2D eigenvalue weighted by molar-refractivity contribution is 9.18. The molecule has 0 radical (unpaired) electrons. The summed E-state index contributed by atoms with van der Waals surface area (Å²) in [5.41, 5.74) is 0.801. The summed E-state index contributed by atoms with van der Waals surface area (Å²) in [7, 11) is 1.42. The minimum Gasteiger partial charge on any atom is -0.469 e. The molecule has 0 bridgehead atoms. The first-order chi connectivity index (χ1) is 10.1. The van der Waals surface area contributed by atoms with Crippen LogP contribution in [0.3, 0.4) is 0 Å². The topological polar surface area (TPSA) is 80.3 Å². The Hall–Kier alpha value is -1.51. The van der Waals surface area contributed by atoms with Crippen molar-refractivity contribution in [1.29, 1.82) is 0 Å². The van der Waals surface area contributed by atoms with Crippen molar-refractivity contribution in [3.8, 4) is 0 Å². The summed E-state index contributed by atoms with van der Waals surface area (Å²) in [6.45, 7) is 1.43. The standard InChI is InChI=1S/C13H17BrN5O2/c1-21-12(20)9-3-2-5-18(8-9)11-10-7-16-4-6-19(10,15)13(14)17-11/h4,6-7,9H,2-3,5,8,15H2,1H3/q+1. The molecule has 3 heterocycles. The van der Waals surface area contributed by atoms with Gasteiger partial charge >= 0.3 is 10.7 Å². The second-order valence-corrected chi connectivity index (χ2v) is 5.96. The summed E-state index contributed by atoms with van der Waals surface area (Å²) in [4.78, 5) is 22.5. The van der Waals surface area contributed by atoms with Gasteiger partial charge in [0.15, 0.2) is 0 Å². The lowest BCUT2D eigenvalue weighted by atomic mass is 9.98. The predicted octanol–water partition coefficient (Wildman–Crippen LogP) is 1.05. The van der Waals surface area contributed by atoms with Gasteiger partial charge in [-0.2, -0.15) is 10.8 Å². The lowest BCUT2D eigenvalue weighted by molar-refractivity contribution is -0.746. The van der Waals surface area contributed by atoms with E-state index in [1.165, 1.54) is 7.11 Å². The Bertz CT molecular complexity index is 597. The van der Waals surface area contributed by atoms with E-state index in [0.29, 0.717) is 11.3 Å². The van der Waals surface area contributed by atoms with E-state index in [4.69, 9.17) is 10.6 Å². The van der Waals surface area contributed by atoms with E-state index in [0.717, 1.165) is 30.9 Å². The van der Waals surface area contributed by atoms with E-state index in [9.17, 15) is 4.79 Å². The Labute approximate surface area is 131 Å². The maximum absolute atomic E-state index is 11.8. The molecule has 2 unspecified atom stereocenters. The van der Waals surface area contributed by atoms with Gasteiger partial charge in [-0.1, -0.05) is 0 Å². The Kier molecular flexibility index (Phi) is 3.68. The lowest BCUT2D eigenvalue weighted by Crippen LogP contribution is -2.51. The molecule has 112 valence electrons. The number of aliphatic imine (C=N–C) groups is 2. The number of esters is 1. The van der Waals surface area contributed by atoms with E-state index in [1.54, 1.807) is 18.6 Å². The number of allylic oxidation sites excluding steroid dienone is 1. The number of likely N-dealkylation sites (tertiary alicyclic amines) is 1. The Morgan fingerprint density at radius 3 is 3.19 bits per heavy atom. The lowest BCUT2D eigenvalue weighted by Gasteiger charge is -2.32. The monoisotopic (exact) mass is 354 g/mol. The minimum absolute atomic E-state index is 0.0157. The number of quaternary nitrogens is 1. The third kappa shape index (κ3) is 2.33. The van der Waals surface area contributed by atoms with Crippen LogP contribution >= 0.6 is 15.9 Å². The number of halogens is 1. The van der Waals surface area contributed by atoms with E-state index >= 15 is 0 Å². The van der Waals surface area contributed by atoms with Crippen molar-refractivity contribution < 1.29 is 14.1 Å². The normalized spacial score (nSPS) is 31.3. The molecule has 3 aliphatic rings. The number of nitrogens with two attached hydrogens (primary N) is 1. The van der Waals surface area contributed by atoms with E-state index in [2.05, 4.69) is 30.8 Å². The summed E-state index contributed by atoms with van der Waals surface area (Å²) in [6.07, 6.45) is 6.89. The molecule has 0 aromatic heterocycles. The van der Waals surface area contributed by atoms with Crippen molar-refractivity contribution in [1.82, 2.24) is 4.90 Å². The summed E-state index contributed by atoms with van der Waals surface area (Å²) in [6, 6.07) is 0. The van der Waals surface area contributed by atoms with Gasteiger partial charge in [0, 0.05) is 29.0 Å². The molecule has 7 nitrogen and oxygen atoms in total. The maximum atomic E-state index is 11.8. The van der Waals surface area contributed by atoms with Crippen LogP contribution in [-0.2, 0) is 9.53 Å². The molecule has 0 aromatic rings. The smallest absolute Gasteiger partial charge is 0.310 e. The number of methoxy groups -OCH3 is 1. The van der Waals surface area contributed by atoms with Crippen LogP contribution in [0.1, 0.15) is 12.8 Å². The van der Waals surface area contributed by atoms with Gasteiger partial charge in [0.1, 0.15) is 6.20 Å². The van der Waals surface area contributed by atoms with Crippen LogP contribution in [0.15, 0.2) is 33.9 Å². The number of piperidine rings is 1. The van der Waals surface area contributed by atoms with Crippen LogP contribution in [0.2, 0.25) is 0 Å². The Morgan fingerprint density at radius 2 is 2.43 bits per heavy atom. The zero-order valence-corrected chi connectivity index (χ0v) is 13.3. The molecule has 2 N–H and O–H groups in total. The highest BCUT2D eigenvalue weighted by Crippen LogP contribution is 2.34. The number of hydrogen-bond donors (Lipinski definition) is 1. The van der Waals surface area contributed by atoms with Crippen molar-refractivity contribution in [3.05, 3.63) is 23.9 Å². The summed E-state index contributed by atoms with van der Waals surface area (Å²) < 4.78 is 5.45. The van der Waals surface area contributed by atoms with Gasteiger partial charge in [-0.15, -0.1) is 4.59 Å². The van der Waals surface area contributed by atoms with Crippen molar-refractivity contribution >= 4 is 32.9 Å². The molecule has 1 fully saturated rings. The summed E-state index contributed by atoms with van der Waals surface area (Å²) >= 11 is 3.43. The number of amidine groups is 1. The zero-order chi connectivity index (χ0) is 15.0. The Balaban J connectivity index is 1.90. The van der Waals surface area contributed by atoms with Gasteiger partial charge in [0.05, 0.1) is 25.4 Å². The maximum Gasteiger partial charge on any atom is 0.310 e. The highest BCUT2D eigenvalue weighted by Gasteiger charge is 2.44. The van der Waals surface area contributed by atoms with Crippen LogP contribution in [0.25, 0.3) is 0 Å². The molecule has 1 saturated heterocycles. The molecule has 0 spiro atoms. The average molecular weight is 355 g/mol. The molecule has 21 heavy (non-hydrogen) atoms. The fourth-order valence-corrected chi connectivity index (χ4v) is 3.28. The number of rotatable bonds is 2. The highest BCUT2D eigenvalue weighted by atomic mass is 79.9. The molecule has 3 rings (SSSR count). The first-order valence-electron chi connectivity index (χ1n) is 6.77. The number of hydrogen-bond acceptors (Lipinski definition) is 6. The molecule has 0 aliphatic carbocycles. The number of carbonyl (C=O) groups excluding carboxylic acids is 1. The number of fused-ring (bicyclic) bond motifs is 1. The number of carbonyl (C=O) groups is 1. The first kappa shape index (κ1) is 14.4. The summed E-state index contributed by atoms with van der Waals surface area (Å²) in [5, 5.41) is 0. The van der Waals surface area contributed by atoms with E-state index in [1.807, 2.05) is 0 Å². The van der Waals surface area contributed by atoms with Crippen molar-refractivity contribution in [2.45, 2.75) is 12.8 Å². The number of nitrogens with zero attached hydrogens (tertiary/aromatic N) is 4. The van der Waals surface area contributed by atoms with Gasteiger partial charge in [-0.25, -0.2) is 0 Å². The van der Waals surface area contributed by atoms with Gasteiger partial charge in [0.25, 0.3) is 0 Å². The third-order valence-corrected chi connectivity index (χ3v) is 4.74. The van der Waals surface area contributed by atoms with Crippen molar-refractivity contribution in [2.75, 3.05) is 20.2 Å². The van der Waals surface area contributed by atoms with Crippen LogP contribution in [0.4, 0.5) is 0 Å². The Morgan fingerprint density at radius 1 is 1.62 bits per heavy atom. The molecular formula is C13H17BrN5O2+. The van der Waals surface area contributed by atoms with Crippen LogP contribution in [0.5, 0.6) is 0 Å².